The second kappa shape index (κ2) is 8.89. The molecule has 0 saturated carbocycles. The number of nitrogens with zero attached hydrogens (tertiary/aromatic N) is 3. The molecule has 1 fully saturated rings. The van der Waals surface area contributed by atoms with Crippen LogP contribution in [0.1, 0.15) is 30.2 Å². The summed E-state index contributed by atoms with van der Waals surface area (Å²) in [4.78, 5) is 18.7. The molecule has 0 spiro atoms. The van der Waals surface area contributed by atoms with Crippen LogP contribution in [0.15, 0.2) is 53.1 Å². The van der Waals surface area contributed by atoms with Gasteiger partial charge in [-0.2, -0.15) is 18.2 Å². The average molecular weight is 446 g/mol. The Morgan fingerprint density at radius 3 is 2.72 bits per heavy atom. The zero-order valence-electron chi connectivity index (χ0n) is 17.2. The number of likely N-dealkylation sites (tertiary alicyclic amines) is 1. The molecule has 0 unspecified atom stereocenters. The Hall–Kier alpha value is -3.56. The summed E-state index contributed by atoms with van der Waals surface area (Å²) in [6.45, 7) is 0.895. The number of rotatable bonds is 4. The molecule has 32 heavy (non-hydrogen) atoms. The van der Waals surface area contributed by atoms with Crippen LogP contribution in [0.3, 0.4) is 0 Å². The maximum absolute atomic E-state index is 12.7. The van der Waals surface area contributed by atoms with Crippen LogP contribution < -0.4 is 10.1 Å². The third-order valence-electron chi connectivity index (χ3n) is 5.29. The molecule has 3 aromatic rings. The summed E-state index contributed by atoms with van der Waals surface area (Å²) in [5.41, 5.74) is 0.284. The Balaban J connectivity index is 1.41. The van der Waals surface area contributed by atoms with Crippen molar-refractivity contribution in [2.75, 3.05) is 25.5 Å². The van der Waals surface area contributed by atoms with E-state index in [-0.39, 0.29) is 11.9 Å². The molecule has 168 valence electrons. The first kappa shape index (κ1) is 21.7. The van der Waals surface area contributed by atoms with E-state index in [0.717, 1.165) is 30.5 Å². The first-order chi connectivity index (χ1) is 15.3. The van der Waals surface area contributed by atoms with Gasteiger partial charge in [-0.05, 0) is 49.2 Å². The van der Waals surface area contributed by atoms with Crippen molar-refractivity contribution >= 4 is 11.7 Å². The van der Waals surface area contributed by atoms with Gasteiger partial charge in [-0.15, -0.1) is 0 Å². The quantitative estimate of drug-likeness (QED) is 0.598. The summed E-state index contributed by atoms with van der Waals surface area (Å²) < 4.78 is 48.8. The normalized spacial score (nSPS) is 16.6. The van der Waals surface area contributed by atoms with E-state index >= 15 is 0 Å². The molecule has 1 N–H and O–H groups in total. The van der Waals surface area contributed by atoms with E-state index in [1.165, 1.54) is 12.1 Å². The van der Waals surface area contributed by atoms with Crippen LogP contribution >= 0.6 is 0 Å². The molecule has 1 aromatic heterocycles. The lowest BCUT2D eigenvalue weighted by molar-refractivity contribution is -0.137. The minimum Gasteiger partial charge on any atom is -0.497 e. The summed E-state index contributed by atoms with van der Waals surface area (Å²) in [7, 11) is 1.58. The molecule has 7 nitrogen and oxygen atoms in total. The molecule has 2 amide bonds. The number of urea groups is 1. The van der Waals surface area contributed by atoms with Gasteiger partial charge in [0.05, 0.1) is 18.6 Å². The molecule has 0 bridgehead atoms. The standard InChI is InChI=1S/C22H21F3N4O3/c1-31-18-6-2-4-14(12-18)19-27-20(32-28-19)15-5-3-11-29(13-15)21(30)26-17-9-7-16(8-10-17)22(23,24)25/h2,4,6-10,12,15H,3,5,11,13H2,1H3,(H,26,30)/t15-/m0/s1. The molecule has 4 rings (SSSR count). The number of aromatic nitrogens is 2. The van der Waals surface area contributed by atoms with Crippen molar-refractivity contribution in [3.05, 3.63) is 60.0 Å². The predicted molar refractivity (Wildman–Crippen MR) is 110 cm³/mol. The van der Waals surface area contributed by atoms with Gasteiger partial charge in [0.1, 0.15) is 5.75 Å². The van der Waals surface area contributed by atoms with Crippen LogP contribution in [0.2, 0.25) is 0 Å². The van der Waals surface area contributed by atoms with Gasteiger partial charge in [0, 0.05) is 24.3 Å². The third kappa shape index (κ3) is 4.84. The number of halogens is 3. The van der Waals surface area contributed by atoms with E-state index in [0.29, 0.717) is 36.2 Å². The molecule has 1 atom stereocenters. The zero-order valence-corrected chi connectivity index (χ0v) is 17.2. The number of hydrogen-bond acceptors (Lipinski definition) is 5. The highest BCUT2D eigenvalue weighted by molar-refractivity contribution is 5.89. The minimum atomic E-state index is -4.42. The summed E-state index contributed by atoms with van der Waals surface area (Å²) in [6, 6.07) is 11.3. The Bertz CT molecular complexity index is 1080. The van der Waals surface area contributed by atoms with Gasteiger partial charge >= 0.3 is 12.2 Å². The molecule has 0 radical (unpaired) electrons. The smallest absolute Gasteiger partial charge is 0.416 e. The number of ether oxygens (including phenoxy) is 1. The third-order valence-corrected chi connectivity index (χ3v) is 5.29. The monoisotopic (exact) mass is 446 g/mol. The maximum Gasteiger partial charge on any atom is 0.416 e. The molecule has 10 heteroatoms. The molecule has 1 aliphatic heterocycles. The van der Waals surface area contributed by atoms with Gasteiger partial charge in [0.15, 0.2) is 0 Å². The molecular weight excluding hydrogens is 425 g/mol. The van der Waals surface area contributed by atoms with Crippen molar-refractivity contribution in [3.63, 3.8) is 0 Å². The van der Waals surface area contributed by atoms with Crippen molar-refractivity contribution < 1.29 is 27.2 Å². The van der Waals surface area contributed by atoms with Gasteiger partial charge in [0.25, 0.3) is 0 Å². The van der Waals surface area contributed by atoms with Gasteiger partial charge < -0.3 is 19.5 Å². The van der Waals surface area contributed by atoms with E-state index < -0.39 is 11.7 Å². The Morgan fingerprint density at radius 1 is 1.22 bits per heavy atom. The number of carbonyl (C=O) groups excluding carboxylic acids is 1. The lowest BCUT2D eigenvalue weighted by atomic mass is 9.98. The first-order valence-corrected chi connectivity index (χ1v) is 10.0. The lowest BCUT2D eigenvalue weighted by Crippen LogP contribution is -2.41. The second-order valence-corrected chi connectivity index (χ2v) is 7.48. The number of hydrogen-bond donors (Lipinski definition) is 1. The van der Waals surface area contributed by atoms with Gasteiger partial charge in [-0.1, -0.05) is 17.3 Å². The molecule has 1 saturated heterocycles. The van der Waals surface area contributed by atoms with Crippen LogP contribution in [0, 0.1) is 0 Å². The van der Waals surface area contributed by atoms with Crippen LogP contribution in [0.4, 0.5) is 23.7 Å². The van der Waals surface area contributed by atoms with Gasteiger partial charge in [-0.25, -0.2) is 4.79 Å². The van der Waals surface area contributed by atoms with Crippen molar-refractivity contribution in [1.82, 2.24) is 15.0 Å². The maximum atomic E-state index is 12.7. The highest BCUT2D eigenvalue weighted by Gasteiger charge is 2.31. The largest absolute Gasteiger partial charge is 0.497 e. The van der Waals surface area contributed by atoms with E-state index in [4.69, 9.17) is 9.26 Å². The topological polar surface area (TPSA) is 80.5 Å². The number of methoxy groups -OCH3 is 1. The zero-order chi connectivity index (χ0) is 22.7. The molecule has 2 aromatic carbocycles. The number of benzene rings is 2. The number of alkyl halides is 3. The number of carbonyl (C=O) groups is 1. The van der Waals surface area contributed by atoms with E-state index in [9.17, 15) is 18.0 Å². The Labute approximate surface area is 182 Å². The SMILES string of the molecule is COc1cccc(-c2noc([C@H]3CCCN(C(=O)Nc4ccc(C(F)(F)F)cc4)C3)n2)c1. The second-order valence-electron chi connectivity index (χ2n) is 7.48. The predicted octanol–water partition coefficient (Wildman–Crippen LogP) is 5.18. The Morgan fingerprint density at radius 2 is 2.00 bits per heavy atom. The summed E-state index contributed by atoms with van der Waals surface area (Å²) in [5, 5.41) is 6.70. The molecular formula is C22H21F3N4O3. The Kier molecular flexibility index (Phi) is 6.02. The molecule has 0 aliphatic carbocycles. The highest BCUT2D eigenvalue weighted by Crippen LogP contribution is 2.31. The van der Waals surface area contributed by atoms with Gasteiger partial charge in [-0.3, -0.25) is 0 Å². The van der Waals surface area contributed by atoms with Crippen molar-refractivity contribution in [2.24, 2.45) is 0 Å². The van der Waals surface area contributed by atoms with Crippen LogP contribution in [-0.4, -0.2) is 41.3 Å². The fraction of sp³-hybridized carbons (Fsp3) is 0.318. The molecule has 1 aliphatic rings. The number of nitrogens with one attached hydrogen (secondary N) is 1. The number of anilines is 1. The number of amides is 2. The summed E-state index contributed by atoms with van der Waals surface area (Å²) in [6.07, 6.45) is -2.90. The van der Waals surface area contributed by atoms with E-state index in [1.807, 2.05) is 18.2 Å². The van der Waals surface area contributed by atoms with E-state index in [1.54, 1.807) is 18.1 Å². The van der Waals surface area contributed by atoms with Crippen LogP contribution in [0.5, 0.6) is 5.75 Å². The highest BCUT2D eigenvalue weighted by atomic mass is 19.4. The van der Waals surface area contributed by atoms with Crippen LogP contribution in [-0.2, 0) is 6.18 Å². The fourth-order valence-corrected chi connectivity index (χ4v) is 3.59. The van der Waals surface area contributed by atoms with Crippen LogP contribution in [0.25, 0.3) is 11.4 Å². The van der Waals surface area contributed by atoms with Crippen molar-refractivity contribution in [1.29, 1.82) is 0 Å². The fourth-order valence-electron chi connectivity index (χ4n) is 3.59. The van der Waals surface area contributed by atoms with E-state index in [2.05, 4.69) is 15.5 Å². The first-order valence-electron chi connectivity index (χ1n) is 10.0. The van der Waals surface area contributed by atoms with Gasteiger partial charge in [0.2, 0.25) is 11.7 Å². The number of piperidine rings is 1. The lowest BCUT2D eigenvalue weighted by Gasteiger charge is -2.31. The van der Waals surface area contributed by atoms with Crippen molar-refractivity contribution in [2.45, 2.75) is 24.9 Å². The molecule has 2 heterocycles. The summed E-state index contributed by atoms with van der Waals surface area (Å²) in [5.74, 6) is 1.42. The summed E-state index contributed by atoms with van der Waals surface area (Å²) >= 11 is 0. The minimum absolute atomic E-state index is 0.131. The van der Waals surface area contributed by atoms with Crippen molar-refractivity contribution in [3.8, 4) is 17.1 Å². The average Bonchev–Trinajstić information content (AvgIpc) is 3.29.